The van der Waals surface area contributed by atoms with E-state index >= 15 is 0 Å². The molecule has 2 aromatic rings. The van der Waals surface area contributed by atoms with Crippen molar-refractivity contribution in [2.75, 3.05) is 18.6 Å². The van der Waals surface area contributed by atoms with E-state index in [0.29, 0.717) is 36.5 Å². The molecule has 6 heteroatoms. The molecule has 130 valence electrons. The maximum atomic E-state index is 14.2. The lowest BCUT2D eigenvalue weighted by Crippen LogP contribution is -2.50. The molecule has 2 bridgehead atoms. The van der Waals surface area contributed by atoms with Crippen molar-refractivity contribution in [2.24, 2.45) is 0 Å². The second-order valence-electron chi connectivity index (χ2n) is 6.45. The van der Waals surface area contributed by atoms with Crippen LogP contribution in [0.15, 0.2) is 42.5 Å². The minimum Gasteiger partial charge on any atom is -0.497 e. The van der Waals surface area contributed by atoms with Gasteiger partial charge in [0.1, 0.15) is 17.4 Å². The van der Waals surface area contributed by atoms with Crippen molar-refractivity contribution in [3.05, 3.63) is 59.7 Å². The van der Waals surface area contributed by atoms with Crippen molar-refractivity contribution in [2.45, 2.75) is 25.0 Å². The number of nitrogens with zero attached hydrogens (tertiary/aromatic N) is 2. The van der Waals surface area contributed by atoms with E-state index in [1.54, 1.807) is 35.2 Å². The molecule has 1 amide bonds. The Hall–Kier alpha value is -2.47. The largest absolute Gasteiger partial charge is 0.497 e. The highest BCUT2D eigenvalue weighted by atomic mass is 19.1. The van der Waals surface area contributed by atoms with Gasteiger partial charge in [-0.25, -0.2) is 8.78 Å². The van der Waals surface area contributed by atoms with Crippen LogP contribution in [0, 0.1) is 11.6 Å². The number of rotatable bonds is 4. The van der Waals surface area contributed by atoms with Crippen molar-refractivity contribution in [1.29, 1.82) is 0 Å². The quantitative estimate of drug-likeness (QED) is 0.855. The number of para-hydroxylation sites is 1. The molecular weight excluding hydrogens is 326 g/mol. The van der Waals surface area contributed by atoms with Gasteiger partial charge < -0.3 is 9.64 Å². The summed E-state index contributed by atoms with van der Waals surface area (Å²) < 4.78 is 33.2. The molecule has 2 atom stereocenters. The third-order valence-corrected chi connectivity index (χ3v) is 5.01. The number of carbonyl (C=O) groups is 1. The predicted octanol–water partition coefficient (Wildman–Crippen LogP) is 2.96. The van der Waals surface area contributed by atoms with E-state index in [9.17, 15) is 13.6 Å². The van der Waals surface area contributed by atoms with E-state index in [1.807, 2.05) is 4.90 Å². The standard InChI is InChI=1S/C19H18F2N2O2/c1-25-14-7-6-12(16(21)9-14)10-22-11-13-8-18(22)19(24)23(13)17-5-3-2-4-15(17)20/h2-7,9,13,18H,8,10-11H2,1H3/t13-,18-/m0/s1. The Balaban J connectivity index is 1.52. The molecule has 25 heavy (non-hydrogen) atoms. The van der Waals surface area contributed by atoms with Crippen LogP contribution in [-0.4, -0.2) is 36.5 Å². The van der Waals surface area contributed by atoms with Gasteiger partial charge in [-0.3, -0.25) is 9.69 Å². The van der Waals surface area contributed by atoms with Gasteiger partial charge in [0.2, 0.25) is 5.91 Å². The highest BCUT2D eigenvalue weighted by Gasteiger charge is 2.50. The van der Waals surface area contributed by atoms with Crippen LogP contribution in [0.25, 0.3) is 0 Å². The van der Waals surface area contributed by atoms with Gasteiger partial charge >= 0.3 is 0 Å². The van der Waals surface area contributed by atoms with Crippen LogP contribution in [0.4, 0.5) is 14.5 Å². The van der Waals surface area contributed by atoms with Crippen LogP contribution in [0.1, 0.15) is 12.0 Å². The smallest absolute Gasteiger partial charge is 0.244 e. The first-order valence-corrected chi connectivity index (χ1v) is 8.22. The number of halogens is 2. The van der Waals surface area contributed by atoms with E-state index in [-0.39, 0.29) is 23.8 Å². The van der Waals surface area contributed by atoms with Crippen LogP contribution in [-0.2, 0) is 11.3 Å². The first-order valence-electron chi connectivity index (χ1n) is 8.22. The highest BCUT2D eigenvalue weighted by molar-refractivity contribution is 6.01. The Morgan fingerprint density at radius 3 is 2.64 bits per heavy atom. The van der Waals surface area contributed by atoms with Gasteiger partial charge in [-0.2, -0.15) is 0 Å². The van der Waals surface area contributed by atoms with E-state index < -0.39 is 5.82 Å². The Morgan fingerprint density at radius 2 is 1.96 bits per heavy atom. The first kappa shape index (κ1) is 16.0. The van der Waals surface area contributed by atoms with Gasteiger partial charge in [0.25, 0.3) is 0 Å². The van der Waals surface area contributed by atoms with Gasteiger partial charge in [-0.05, 0) is 24.6 Å². The summed E-state index contributed by atoms with van der Waals surface area (Å²) in [6.07, 6.45) is 0.644. The molecule has 2 aromatic carbocycles. The second-order valence-corrected chi connectivity index (χ2v) is 6.45. The average molecular weight is 344 g/mol. The van der Waals surface area contributed by atoms with Gasteiger partial charge in [0, 0.05) is 24.7 Å². The zero-order valence-electron chi connectivity index (χ0n) is 13.8. The van der Waals surface area contributed by atoms with Crippen LogP contribution in [0.2, 0.25) is 0 Å². The lowest BCUT2D eigenvalue weighted by molar-refractivity contribution is -0.122. The number of benzene rings is 2. The molecule has 4 nitrogen and oxygen atoms in total. The molecule has 2 heterocycles. The molecule has 0 unspecified atom stereocenters. The Labute approximate surface area is 144 Å². The van der Waals surface area contributed by atoms with Gasteiger partial charge in [-0.15, -0.1) is 0 Å². The molecule has 2 saturated heterocycles. The number of likely N-dealkylation sites (tertiary alicyclic amines) is 1. The van der Waals surface area contributed by atoms with Crippen molar-refractivity contribution >= 4 is 11.6 Å². The monoisotopic (exact) mass is 344 g/mol. The fourth-order valence-corrected chi connectivity index (χ4v) is 3.80. The Kier molecular flexibility index (Phi) is 3.92. The Bertz CT molecular complexity index is 827. The highest BCUT2D eigenvalue weighted by Crippen LogP contribution is 2.37. The SMILES string of the molecule is COc1ccc(CN2C[C@@H]3C[C@H]2C(=O)N3c2ccccc2F)c(F)c1. The van der Waals surface area contributed by atoms with E-state index in [4.69, 9.17) is 4.74 Å². The number of hydrogen-bond acceptors (Lipinski definition) is 3. The third kappa shape index (κ3) is 2.66. The number of fused-ring (bicyclic) bond motifs is 2. The normalized spacial score (nSPS) is 22.7. The molecule has 2 aliphatic rings. The molecule has 4 rings (SSSR count). The summed E-state index contributed by atoms with van der Waals surface area (Å²) in [5.74, 6) is -0.391. The number of ether oxygens (including phenoxy) is 1. The molecular formula is C19H18F2N2O2. The number of amides is 1. The van der Waals surface area contributed by atoms with Gasteiger partial charge in [0.15, 0.2) is 0 Å². The Morgan fingerprint density at radius 1 is 1.16 bits per heavy atom. The first-order chi connectivity index (χ1) is 12.1. The zero-order valence-corrected chi connectivity index (χ0v) is 13.8. The summed E-state index contributed by atoms with van der Waals surface area (Å²) in [5, 5.41) is 0. The van der Waals surface area contributed by atoms with Gasteiger partial charge in [0.05, 0.1) is 24.9 Å². The second kappa shape index (κ2) is 6.11. The van der Waals surface area contributed by atoms with Crippen molar-refractivity contribution in [3.8, 4) is 5.75 Å². The van der Waals surface area contributed by atoms with Crippen LogP contribution >= 0.6 is 0 Å². The predicted molar refractivity (Wildman–Crippen MR) is 89.4 cm³/mol. The number of carbonyl (C=O) groups excluding carboxylic acids is 1. The van der Waals surface area contributed by atoms with Crippen LogP contribution in [0.3, 0.4) is 0 Å². The molecule has 0 N–H and O–H groups in total. The van der Waals surface area contributed by atoms with Crippen LogP contribution in [0.5, 0.6) is 5.75 Å². The number of anilines is 1. The summed E-state index contributed by atoms with van der Waals surface area (Å²) in [4.78, 5) is 16.2. The summed E-state index contributed by atoms with van der Waals surface area (Å²) >= 11 is 0. The fourth-order valence-electron chi connectivity index (χ4n) is 3.80. The maximum Gasteiger partial charge on any atom is 0.244 e. The van der Waals surface area contributed by atoms with Gasteiger partial charge in [-0.1, -0.05) is 18.2 Å². The number of hydrogen-bond donors (Lipinski definition) is 0. The molecule has 2 aliphatic heterocycles. The molecule has 0 aliphatic carbocycles. The summed E-state index contributed by atoms with van der Waals surface area (Å²) in [5.41, 5.74) is 0.855. The van der Waals surface area contributed by atoms with Crippen molar-refractivity contribution in [1.82, 2.24) is 4.90 Å². The molecule has 0 saturated carbocycles. The van der Waals surface area contributed by atoms with Crippen LogP contribution < -0.4 is 9.64 Å². The van der Waals surface area contributed by atoms with E-state index in [0.717, 1.165) is 0 Å². The average Bonchev–Trinajstić information content (AvgIpc) is 3.15. The summed E-state index contributed by atoms with van der Waals surface area (Å²) in [7, 11) is 1.49. The minimum atomic E-state index is -0.392. The molecule has 0 spiro atoms. The fraction of sp³-hybridized carbons (Fsp3) is 0.316. The molecule has 2 fully saturated rings. The zero-order chi connectivity index (χ0) is 17.6. The molecule has 0 radical (unpaired) electrons. The third-order valence-electron chi connectivity index (χ3n) is 5.01. The lowest BCUT2D eigenvalue weighted by atomic mass is 10.1. The number of piperazine rings is 1. The van der Waals surface area contributed by atoms with E-state index in [1.165, 1.54) is 19.2 Å². The van der Waals surface area contributed by atoms with Crippen molar-refractivity contribution in [3.63, 3.8) is 0 Å². The maximum absolute atomic E-state index is 14.2. The van der Waals surface area contributed by atoms with E-state index in [2.05, 4.69) is 0 Å². The number of methoxy groups -OCH3 is 1. The molecule has 0 aromatic heterocycles. The topological polar surface area (TPSA) is 32.8 Å². The van der Waals surface area contributed by atoms with Crippen molar-refractivity contribution < 1.29 is 18.3 Å². The lowest BCUT2D eigenvalue weighted by Gasteiger charge is -2.34. The summed E-state index contributed by atoms with van der Waals surface area (Å²) in [6.45, 7) is 0.962. The minimum absolute atomic E-state index is 0.0734. The summed E-state index contributed by atoms with van der Waals surface area (Å²) in [6, 6.07) is 10.7.